The van der Waals surface area contributed by atoms with E-state index in [1.54, 1.807) is 18.5 Å². The average Bonchev–Trinajstić information content (AvgIpc) is 2.38. The van der Waals surface area contributed by atoms with Crippen LogP contribution in [0.2, 0.25) is 0 Å². The number of nitrogens with two attached hydrogens (primary N) is 1. The Bertz CT molecular complexity index is 553. The molecule has 18 heavy (non-hydrogen) atoms. The van der Waals surface area contributed by atoms with E-state index in [0.29, 0.717) is 18.1 Å². The van der Waals surface area contributed by atoms with Gasteiger partial charge in [0.25, 0.3) is 0 Å². The van der Waals surface area contributed by atoms with Crippen molar-refractivity contribution in [2.24, 2.45) is 5.73 Å². The predicted molar refractivity (Wildman–Crippen MR) is 74.2 cm³/mol. The molecule has 2 aromatic rings. The molecule has 0 unspecified atom stereocenters. The minimum absolute atomic E-state index is 0.286. The molecule has 0 bridgehead atoms. The van der Waals surface area contributed by atoms with Crippen LogP contribution in [0.4, 0.5) is 5.82 Å². The van der Waals surface area contributed by atoms with Crippen molar-refractivity contribution in [3.05, 3.63) is 47.7 Å². The van der Waals surface area contributed by atoms with Crippen LogP contribution in [0.15, 0.2) is 30.6 Å². The van der Waals surface area contributed by atoms with Crippen molar-refractivity contribution in [3.63, 3.8) is 0 Å². The molecule has 0 saturated carbocycles. The Kier molecular flexibility index (Phi) is 3.78. The minimum atomic E-state index is 0.286. The number of hydrogen-bond acceptors (Lipinski definition) is 5. The van der Waals surface area contributed by atoms with Gasteiger partial charge in [0.15, 0.2) is 0 Å². The number of rotatable bonds is 4. The highest BCUT2D eigenvalue weighted by Crippen LogP contribution is 2.06. The fourth-order valence-corrected chi connectivity index (χ4v) is 1.48. The first-order valence-electron chi connectivity index (χ1n) is 5.43. The van der Waals surface area contributed by atoms with Gasteiger partial charge in [0.1, 0.15) is 10.8 Å². The van der Waals surface area contributed by atoms with Gasteiger partial charge in [0.05, 0.1) is 29.8 Å². The van der Waals surface area contributed by atoms with Crippen LogP contribution in [0.5, 0.6) is 0 Å². The molecule has 0 aliphatic rings. The van der Waals surface area contributed by atoms with Gasteiger partial charge >= 0.3 is 0 Å². The quantitative estimate of drug-likeness (QED) is 0.809. The van der Waals surface area contributed by atoms with E-state index in [0.717, 1.165) is 11.4 Å². The van der Waals surface area contributed by atoms with Crippen molar-refractivity contribution >= 4 is 23.0 Å². The zero-order valence-electron chi connectivity index (χ0n) is 9.92. The second-order valence-electron chi connectivity index (χ2n) is 3.77. The topological polar surface area (TPSA) is 76.7 Å². The second-order valence-corrected chi connectivity index (χ2v) is 4.21. The van der Waals surface area contributed by atoms with Crippen molar-refractivity contribution in [1.82, 2.24) is 15.0 Å². The minimum Gasteiger partial charge on any atom is -0.388 e. The van der Waals surface area contributed by atoms with E-state index in [1.165, 1.54) is 0 Å². The lowest BCUT2D eigenvalue weighted by molar-refractivity contribution is 0.976. The smallest absolute Gasteiger partial charge is 0.127 e. The third kappa shape index (κ3) is 3.21. The number of nitrogens with one attached hydrogen (secondary N) is 1. The molecular weight excluding hydrogens is 246 g/mol. The van der Waals surface area contributed by atoms with Crippen LogP contribution in [0.3, 0.4) is 0 Å². The summed E-state index contributed by atoms with van der Waals surface area (Å²) in [4.78, 5) is 13.0. The van der Waals surface area contributed by atoms with E-state index in [1.807, 2.05) is 19.1 Å². The van der Waals surface area contributed by atoms with Crippen LogP contribution < -0.4 is 11.1 Å². The van der Waals surface area contributed by atoms with E-state index < -0.39 is 0 Å². The first-order chi connectivity index (χ1) is 8.65. The van der Waals surface area contributed by atoms with E-state index in [4.69, 9.17) is 18.0 Å². The van der Waals surface area contributed by atoms with E-state index in [-0.39, 0.29) is 4.99 Å². The molecule has 6 heteroatoms. The zero-order valence-corrected chi connectivity index (χ0v) is 10.7. The Balaban J connectivity index is 2.04. The van der Waals surface area contributed by atoms with Crippen LogP contribution in [0.25, 0.3) is 0 Å². The highest BCUT2D eigenvalue weighted by atomic mass is 32.1. The van der Waals surface area contributed by atoms with Crippen LogP contribution in [0, 0.1) is 6.92 Å². The highest BCUT2D eigenvalue weighted by Gasteiger charge is 2.00. The van der Waals surface area contributed by atoms with Crippen LogP contribution in [-0.2, 0) is 6.54 Å². The summed E-state index contributed by atoms with van der Waals surface area (Å²) in [5.74, 6) is 0.711. The molecular formula is C12H13N5S. The van der Waals surface area contributed by atoms with Crippen LogP contribution in [-0.4, -0.2) is 19.9 Å². The molecule has 2 aromatic heterocycles. The highest BCUT2D eigenvalue weighted by molar-refractivity contribution is 7.80. The standard InChI is InChI=1S/C12H13N5S/c1-8-5-15-9(6-14-8)7-16-11-4-2-3-10(17-11)12(13)18/h2-6H,7H2,1H3,(H2,13,18)(H,16,17). The van der Waals surface area contributed by atoms with E-state index in [9.17, 15) is 0 Å². The average molecular weight is 259 g/mol. The van der Waals surface area contributed by atoms with Gasteiger partial charge in [-0.3, -0.25) is 9.97 Å². The maximum Gasteiger partial charge on any atom is 0.127 e. The lowest BCUT2D eigenvalue weighted by Gasteiger charge is -2.06. The number of anilines is 1. The lowest BCUT2D eigenvalue weighted by Crippen LogP contribution is -2.13. The molecule has 0 amide bonds. The van der Waals surface area contributed by atoms with Gasteiger partial charge in [-0.2, -0.15) is 0 Å². The van der Waals surface area contributed by atoms with Crippen molar-refractivity contribution in [3.8, 4) is 0 Å². The Morgan fingerprint density at radius 3 is 2.83 bits per heavy atom. The maximum absolute atomic E-state index is 5.53. The summed E-state index contributed by atoms with van der Waals surface area (Å²) in [5, 5.41) is 3.15. The second kappa shape index (κ2) is 5.50. The first-order valence-corrected chi connectivity index (χ1v) is 5.84. The number of aromatic nitrogens is 3. The van der Waals surface area contributed by atoms with Crippen molar-refractivity contribution in [2.45, 2.75) is 13.5 Å². The monoisotopic (exact) mass is 259 g/mol. The zero-order chi connectivity index (χ0) is 13.0. The van der Waals surface area contributed by atoms with Crippen LogP contribution >= 0.6 is 12.2 Å². The van der Waals surface area contributed by atoms with Gasteiger partial charge in [-0.15, -0.1) is 0 Å². The molecule has 5 nitrogen and oxygen atoms in total. The summed E-state index contributed by atoms with van der Waals surface area (Å²) in [6, 6.07) is 5.48. The molecule has 0 aliphatic heterocycles. The molecule has 0 fully saturated rings. The summed E-state index contributed by atoms with van der Waals surface area (Å²) in [5.41, 5.74) is 7.87. The third-order valence-electron chi connectivity index (χ3n) is 2.29. The Labute approximate surface area is 110 Å². The largest absolute Gasteiger partial charge is 0.388 e. The fraction of sp³-hybridized carbons (Fsp3) is 0.167. The number of thiocarbonyl (C=S) groups is 1. The van der Waals surface area contributed by atoms with Gasteiger partial charge in [-0.1, -0.05) is 18.3 Å². The number of aryl methyl sites for hydroxylation is 1. The van der Waals surface area contributed by atoms with Crippen LogP contribution in [0.1, 0.15) is 17.1 Å². The SMILES string of the molecule is Cc1cnc(CNc2cccc(C(N)=S)n2)cn1. The predicted octanol–water partition coefficient (Wildman–Crippen LogP) is 1.43. The molecule has 0 saturated heterocycles. The molecule has 0 aliphatic carbocycles. The van der Waals surface area contributed by atoms with Gasteiger partial charge < -0.3 is 11.1 Å². The molecule has 0 aromatic carbocycles. The summed E-state index contributed by atoms with van der Waals surface area (Å²) < 4.78 is 0. The molecule has 0 spiro atoms. The molecule has 2 rings (SSSR count). The summed E-state index contributed by atoms with van der Waals surface area (Å²) in [6.45, 7) is 2.46. The number of hydrogen-bond donors (Lipinski definition) is 2. The summed E-state index contributed by atoms with van der Waals surface area (Å²) in [6.07, 6.45) is 3.47. The maximum atomic E-state index is 5.53. The fourth-order valence-electron chi connectivity index (χ4n) is 1.36. The van der Waals surface area contributed by atoms with E-state index in [2.05, 4.69) is 20.3 Å². The third-order valence-corrected chi connectivity index (χ3v) is 2.50. The molecule has 0 radical (unpaired) electrons. The normalized spacial score (nSPS) is 10.1. The number of pyridine rings is 1. The van der Waals surface area contributed by atoms with Crippen molar-refractivity contribution in [2.75, 3.05) is 5.32 Å². The molecule has 2 heterocycles. The molecule has 92 valence electrons. The van der Waals surface area contributed by atoms with E-state index >= 15 is 0 Å². The van der Waals surface area contributed by atoms with Crippen molar-refractivity contribution < 1.29 is 0 Å². The molecule has 3 N–H and O–H groups in total. The van der Waals surface area contributed by atoms with Crippen molar-refractivity contribution in [1.29, 1.82) is 0 Å². The summed E-state index contributed by atoms with van der Waals surface area (Å²) >= 11 is 4.88. The first kappa shape index (κ1) is 12.4. The Morgan fingerprint density at radius 2 is 2.17 bits per heavy atom. The lowest BCUT2D eigenvalue weighted by atomic mass is 10.3. The summed E-state index contributed by atoms with van der Waals surface area (Å²) in [7, 11) is 0. The van der Waals surface area contributed by atoms with Gasteiger partial charge in [-0.05, 0) is 19.1 Å². The number of nitrogens with zero attached hydrogens (tertiary/aromatic N) is 3. The van der Waals surface area contributed by atoms with Gasteiger partial charge in [0.2, 0.25) is 0 Å². The molecule has 0 atom stereocenters. The Morgan fingerprint density at radius 1 is 1.33 bits per heavy atom. The Hall–Kier alpha value is -2.08. The van der Waals surface area contributed by atoms with Gasteiger partial charge in [0, 0.05) is 6.20 Å². The van der Waals surface area contributed by atoms with Gasteiger partial charge in [-0.25, -0.2) is 4.98 Å².